The summed E-state index contributed by atoms with van der Waals surface area (Å²) >= 11 is 0. The van der Waals surface area contributed by atoms with Crippen molar-refractivity contribution in [3.05, 3.63) is 85.5 Å². The lowest BCUT2D eigenvalue weighted by Crippen LogP contribution is -2.28. The van der Waals surface area contributed by atoms with Gasteiger partial charge in [-0.2, -0.15) is 0 Å². The van der Waals surface area contributed by atoms with E-state index in [0.29, 0.717) is 0 Å². The van der Waals surface area contributed by atoms with Gasteiger partial charge in [-0.3, -0.25) is 0 Å². The predicted molar refractivity (Wildman–Crippen MR) is 92.6 cm³/mol. The fraction of sp³-hybridized carbons (Fsp3) is 0.0476. The van der Waals surface area contributed by atoms with E-state index in [2.05, 4.69) is 80.7 Å². The number of hydrogen-bond acceptors (Lipinski definition) is 0. The molecule has 0 aliphatic carbocycles. The number of aryl methyl sites for hydroxylation is 1. The van der Waals surface area contributed by atoms with Crippen LogP contribution in [0.2, 0.25) is 0 Å². The minimum atomic E-state index is 1.17. The van der Waals surface area contributed by atoms with Gasteiger partial charge in [0.15, 0.2) is 0 Å². The summed E-state index contributed by atoms with van der Waals surface area (Å²) in [5.74, 6) is 0. The van der Waals surface area contributed by atoms with Crippen molar-refractivity contribution in [1.82, 2.24) is 0 Å². The summed E-state index contributed by atoms with van der Waals surface area (Å²) in [7, 11) is 4.18. The highest BCUT2D eigenvalue weighted by molar-refractivity contribution is 5.96. The summed E-state index contributed by atoms with van der Waals surface area (Å²) in [5.41, 5.74) is 3.68. The molecular formula is C21H17N. The van der Waals surface area contributed by atoms with Crippen molar-refractivity contribution >= 4 is 21.5 Å². The molecule has 0 spiro atoms. The molecule has 22 heavy (non-hydrogen) atoms. The van der Waals surface area contributed by atoms with E-state index in [1.54, 1.807) is 0 Å². The van der Waals surface area contributed by atoms with Gasteiger partial charge in [-0.15, -0.1) is 0 Å². The van der Waals surface area contributed by atoms with Gasteiger partial charge in [0.1, 0.15) is 5.69 Å². The molecule has 1 aromatic heterocycles. The van der Waals surface area contributed by atoms with Crippen LogP contribution >= 0.6 is 0 Å². The maximum Gasteiger partial charge on any atom is 0.120 e. The molecule has 1 heteroatoms. The third-order valence-corrected chi connectivity index (χ3v) is 4.28. The molecule has 4 aromatic rings. The molecule has 0 saturated heterocycles. The first-order valence-corrected chi connectivity index (χ1v) is 7.48. The molecule has 1 nitrogen and oxygen atoms in total. The third-order valence-electron chi connectivity index (χ3n) is 4.28. The van der Waals surface area contributed by atoms with Gasteiger partial charge in [0.05, 0.1) is 6.20 Å². The van der Waals surface area contributed by atoms with E-state index >= 15 is 0 Å². The van der Waals surface area contributed by atoms with Crippen molar-refractivity contribution in [2.75, 3.05) is 0 Å². The topological polar surface area (TPSA) is 3.88 Å². The van der Waals surface area contributed by atoms with Crippen LogP contribution in [0.15, 0.2) is 72.9 Å². The molecule has 1 heterocycles. The van der Waals surface area contributed by atoms with Gasteiger partial charge in [-0.1, -0.05) is 60.7 Å². The van der Waals surface area contributed by atoms with Crippen LogP contribution in [-0.4, -0.2) is 0 Å². The van der Waals surface area contributed by atoms with Gasteiger partial charge in [-0.05, 0) is 45.7 Å². The van der Waals surface area contributed by atoms with Crippen molar-refractivity contribution in [1.29, 1.82) is 0 Å². The second-order valence-electron chi connectivity index (χ2n) is 5.74. The minimum absolute atomic E-state index is 1.17. The zero-order chi connectivity index (χ0) is 15.1. The lowest BCUT2D eigenvalue weighted by atomic mass is 9.96. The molecule has 0 fully saturated rings. The SMILES string of the molecule is [CH2-][n+]1ccc2ccccc2c1-c1cc2ccccc2cc1C. The van der Waals surface area contributed by atoms with E-state index in [1.165, 1.54) is 38.4 Å². The van der Waals surface area contributed by atoms with E-state index in [-0.39, 0.29) is 0 Å². The molecule has 0 unspecified atom stereocenters. The molecule has 0 aliphatic heterocycles. The second kappa shape index (κ2) is 4.88. The highest BCUT2D eigenvalue weighted by Crippen LogP contribution is 2.30. The summed E-state index contributed by atoms with van der Waals surface area (Å²) in [6.07, 6.45) is 2.03. The lowest BCUT2D eigenvalue weighted by Gasteiger charge is -2.15. The number of pyridine rings is 1. The molecular weight excluding hydrogens is 266 g/mol. The van der Waals surface area contributed by atoms with Crippen molar-refractivity contribution in [3.63, 3.8) is 0 Å². The summed E-state index contributed by atoms with van der Waals surface area (Å²) in [6, 6.07) is 23.6. The van der Waals surface area contributed by atoms with Crippen LogP contribution in [0.25, 0.3) is 32.8 Å². The van der Waals surface area contributed by atoms with Gasteiger partial charge in [0, 0.05) is 7.05 Å². The van der Waals surface area contributed by atoms with Crippen molar-refractivity contribution < 1.29 is 4.57 Å². The number of rotatable bonds is 1. The van der Waals surface area contributed by atoms with E-state index in [1.807, 2.05) is 10.8 Å². The van der Waals surface area contributed by atoms with E-state index in [4.69, 9.17) is 0 Å². The van der Waals surface area contributed by atoms with Crippen LogP contribution in [0.5, 0.6) is 0 Å². The molecule has 0 amide bonds. The number of nitrogens with zero attached hydrogens (tertiary/aromatic N) is 1. The van der Waals surface area contributed by atoms with Crippen LogP contribution < -0.4 is 4.57 Å². The number of aromatic nitrogens is 1. The van der Waals surface area contributed by atoms with Gasteiger partial charge >= 0.3 is 0 Å². The maximum atomic E-state index is 4.18. The van der Waals surface area contributed by atoms with Gasteiger partial charge in [0.2, 0.25) is 0 Å². The molecule has 0 N–H and O–H groups in total. The molecule has 0 bridgehead atoms. The first-order chi connectivity index (χ1) is 10.7. The zero-order valence-electron chi connectivity index (χ0n) is 12.6. The molecule has 0 saturated carbocycles. The largest absolute Gasteiger partial charge is 0.332 e. The average molecular weight is 283 g/mol. The highest BCUT2D eigenvalue weighted by atomic mass is 14.9. The monoisotopic (exact) mass is 283 g/mol. The fourth-order valence-corrected chi connectivity index (χ4v) is 3.17. The molecule has 0 radical (unpaired) electrons. The number of benzene rings is 3. The average Bonchev–Trinajstić information content (AvgIpc) is 2.54. The van der Waals surface area contributed by atoms with Gasteiger partial charge in [-0.25, -0.2) is 0 Å². The Morgan fingerprint density at radius 2 is 1.41 bits per heavy atom. The van der Waals surface area contributed by atoms with Crippen LogP contribution in [-0.2, 0) is 0 Å². The Morgan fingerprint density at radius 3 is 2.18 bits per heavy atom. The van der Waals surface area contributed by atoms with Crippen molar-refractivity contribution in [3.8, 4) is 11.3 Å². The summed E-state index contributed by atoms with van der Waals surface area (Å²) in [5, 5.41) is 5.01. The van der Waals surface area contributed by atoms with E-state index < -0.39 is 0 Å². The van der Waals surface area contributed by atoms with Crippen molar-refractivity contribution in [2.45, 2.75) is 6.92 Å². The Morgan fingerprint density at radius 1 is 0.773 bits per heavy atom. The minimum Gasteiger partial charge on any atom is -0.332 e. The Hall–Kier alpha value is -2.80. The van der Waals surface area contributed by atoms with Crippen molar-refractivity contribution in [2.24, 2.45) is 0 Å². The third kappa shape index (κ3) is 1.94. The normalized spacial score (nSPS) is 11.1. The molecule has 106 valence electrons. The van der Waals surface area contributed by atoms with E-state index in [0.717, 1.165) is 0 Å². The van der Waals surface area contributed by atoms with Gasteiger partial charge in [0.25, 0.3) is 0 Å². The lowest BCUT2D eigenvalue weighted by molar-refractivity contribution is -0.599. The quantitative estimate of drug-likeness (QED) is 0.346. The molecule has 0 aliphatic rings. The first-order valence-electron chi connectivity index (χ1n) is 7.48. The first kappa shape index (κ1) is 12.9. The maximum absolute atomic E-state index is 4.18. The van der Waals surface area contributed by atoms with E-state index in [9.17, 15) is 0 Å². The summed E-state index contributed by atoms with van der Waals surface area (Å²) in [4.78, 5) is 0. The van der Waals surface area contributed by atoms with Crippen LogP contribution in [0.1, 0.15) is 5.56 Å². The second-order valence-corrected chi connectivity index (χ2v) is 5.74. The standard InChI is InChI=1S/C21H17N/c1-15-13-17-8-3-4-9-18(17)14-20(15)21-19-10-6-5-7-16(19)11-12-22(21)2/h3-14H,2H2,1H3. The Labute approximate surface area is 130 Å². The number of fused-ring (bicyclic) bond motifs is 2. The van der Waals surface area contributed by atoms with Crippen LogP contribution in [0.3, 0.4) is 0 Å². The Balaban J connectivity index is 2.11. The number of hydrogen-bond donors (Lipinski definition) is 0. The smallest absolute Gasteiger partial charge is 0.120 e. The Bertz CT molecular complexity index is 999. The molecule has 3 aromatic carbocycles. The van der Waals surface area contributed by atoms with Gasteiger partial charge < -0.3 is 4.57 Å². The van der Waals surface area contributed by atoms with Crippen LogP contribution in [0.4, 0.5) is 0 Å². The fourth-order valence-electron chi connectivity index (χ4n) is 3.17. The Kier molecular flexibility index (Phi) is 2.87. The predicted octanol–water partition coefficient (Wildman–Crippen LogP) is 4.90. The summed E-state index contributed by atoms with van der Waals surface area (Å²) < 4.78 is 1.97. The molecule has 0 atom stereocenters. The van der Waals surface area contributed by atoms with Crippen LogP contribution in [0, 0.1) is 14.0 Å². The highest BCUT2D eigenvalue weighted by Gasteiger charge is 2.11. The zero-order valence-corrected chi connectivity index (χ0v) is 12.6. The molecule has 4 rings (SSSR count). The summed E-state index contributed by atoms with van der Waals surface area (Å²) in [6.45, 7) is 2.17.